The van der Waals surface area contributed by atoms with Crippen LogP contribution in [0.4, 0.5) is 5.69 Å². The largest absolute Gasteiger partial charge is 0.493 e. The van der Waals surface area contributed by atoms with Gasteiger partial charge in [-0.05, 0) is 70.4 Å². The Balaban J connectivity index is 1.49. The molecule has 4 rings (SSSR count). The Bertz CT molecular complexity index is 1190. The molecule has 1 N–H and O–H groups in total. The third-order valence-electron chi connectivity index (χ3n) is 4.30. The van der Waals surface area contributed by atoms with E-state index in [9.17, 15) is 4.79 Å². The fourth-order valence-corrected chi connectivity index (χ4v) is 3.19. The molecule has 30 heavy (non-hydrogen) atoms. The molecule has 6 nitrogen and oxygen atoms in total. The van der Waals surface area contributed by atoms with Crippen molar-refractivity contribution in [2.45, 2.75) is 13.8 Å². The summed E-state index contributed by atoms with van der Waals surface area (Å²) in [7, 11) is 0. The Hall–Kier alpha value is -3.19. The minimum Gasteiger partial charge on any atom is -0.493 e. The van der Waals surface area contributed by atoms with Crippen LogP contribution in [-0.4, -0.2) is 22.5 Å². The summed E-state index contributed by atoms with van der Waals surface area (Å²) >= 11 is 3.40. The van der Waals surface area contributed by atoms with Crippen molar-refractivity contribution in [1.29, 1.82) is 0 Å². The highest BCUT2D eigenvalue weighted by atomic mass is 79.9. The van der Waals surface area contributed by atoms with Crippen LogP contribution in [0, 0.1) is 5.92 Å². The summed E-state index contributed by atoms with van der Waals surface area (Å²) in [5, 5.41) is 2.90. The van der Waals surface area contributed by atoms with Gasteiger partial charge in [-0.2, -0.15) is 0 Å². The van der Waals surface area contributed by atoms with E-state index in [-0.39, 0.29) is 5.91 Å². The van der Waals surface area contributed by atoms with Gasteiger partial charge < -0.3 is 14.5 Å². The van der Waals surface area contributed by atoms with E-state index in [1.54, 1.807) is 54.9 Å². The number of oxazole rings is 1. The van der Waals surface area contributed by atoms with Gasteiger partial charge in [-0.1, -0.05) is 13.8 Å². The third-order valence-corrected chi connectivity index (χ3v) is 4.73. The lowest BCUT2D eigenvalue weighted by molar-refractivity contribution is 0.102. The Morgan fingerprint density at radius 1 is 1.13 bits per heavy atom. The molecular weight excluding hydrogens is 446 g/mol. The van der Waals surface area contributed by atoms with E-state index in [1.807, 2.05) is 6.07 Å². The summed E-state index contributed by atoms with van der Waals surface area (Å²) in [6.07, 6.45) is 3.38. The molecule has 0 radical (unpaired) electrons. The van der Waals surface area contributed by atoms with Crippen LogP contribution in [0.3, 0.4) is 0 Å². The van der Waals surface area contributed by atoms with Gasteiger partial charge in [-0.25, -0.2) is 4.98 Å². The fourth-order valence-electron chi connectivity index (χ4n) is 2.83. The van der Waals surface area contributed by atoms with Gasteiger partial charge >= 0.3 is 0 Å². The predicted molar refractivity (Wildman–Crippen MR) is 120 cm³/mol. The highest BCUT2D eigenvalue weighted by molar-refractivity contribution is 9.10. The minimum atomic E-state index is -0.204. The number of benzene rings is 2. The average Bonchev–Trinajstić information content (AvgIpc) is 3.16. The Morgan fingerprint density at radius 2 is 1.93 bits per heavy atom. The zero-order chi connectivity index (χ0) is 21.1. The molecular formula is C23H20BrN3O3. The number of nitrogens with one attached hydrogen (secondary N) is 1. The van der Waals surface area contributed by atoms with Crippen LogP contribution < -0.4 is 10.1 Å². The molecule has 1 amide bonds. The maximum absolute atomic E-state index is 12.6. The molecule has 2 heterocycles. The number of pyridine rings is 1. The molecule has 2 aromatic carbocycles. The number of amides is 1. The third kappa shape index (κ3) is 4.68. The number of halogens is 1. The normalized spacial score (nSPS) is 11.1. The molecule has 152 valence electrons. The van der Waals surface area contributed by atoms with Crippen molar-refractivity contribution in [3.05, 3.63) is 71.0 Å². The van der Waals surface area contributed by atoms with Gasteiger partial charge in [0, 0.05) is 28.1 Å². The smallest absolute Gasteiger partial charge is 0.255 e. The zero-order valence-electron chi connectivity index (χ0n) is 16.6. The van der Waals surface area contributed by atoms with Gasteiger partial charge in [0.1, 0.15) is 11.3 Å². The number of carbonyl (C=O) groups excluding carboxylic acids is 1. The Kier molecular flexibility index (Phi) is 5.81. The number of rotatable bonds is 6. The molecule has 0 aliphatic rings. The van der Waals surface area contributed by atoms with Crippen LogP contribution in [0.5, 0.6) is 5.75 Å². The predicted octanol–water partition coefficient (Wildman–Crippen LogP) is 5.94. The maximum atomic E-state index is 12.6. The lowest BCUT2D eigenvalue weighted by Crippen LogP contribution is -2.12. The van der Waals surface area contributed by atoms with Gasteiger partial charge in [0.25, 0.3) is 5.91 Å². The number of hydrogen-bond acceptors (Lipinski definition) is 5. The molecule has 0 fully saturated rings. The lowest BCUT2D eigenvalue weighted by atomic mass is 10.2. The molecule has 2 aromatic heterocycles. The highest BCUT2D eigenvalue weighted by Gasteiger charge is 2.12. The Labute approximate surface area is 182 Å². The van der Waals surface area contributed by atoms with Crippen LogP contribution in [-0.2, 0) is 0 Å². The Morgan fingerprint density at radius 3 is 2.67 bits per heavy atom. The number of aromatic nitrogens is 2. The molecule has 4 aromatic rings. The first-order valence-electron chi connectivity index (χ1n) is 9.53. The van der Waals surface area contributed by atoms with E-state index >= 15 is 0 Å². The minimum absolute atomic E-state index is 0.204. The number of ether oxygens (including phenoxy) is 1. The van der Waals surface area contributed by atoms with Crippen molar-refractivity contribution in [2.75, 3.05) is 11.9 Å². The summed E-state index contributed by atoms with van der Waals surface area (Å²) in [6.45, 7) is 4.82. The average molecular weight is 466 g/mol. The number of fused-ring (bicyclic) bond motifs is 1. The van der Waals surface area contributed by atoms with Crippen LogP contribution >= 0.6 is 15.9 Å². The molecule has 0 aliphatic heterocycles. The second-order valence-electron chi connectivity index (χ2n) is 7.28. The summed E-state index contributed by atoms with van der Waals surface area (Å²) in [5.41, 5.74) is 3.24. The van der Waals surface area contributed by atoms with E-state index in [0.717, 1.165) is 15.8 Å². The van der Waals surface area contributed by atoms with Crippen molar-refractivity contribution < 1.29 is 13.9 Å². The SMILES string of the molecule is CC(C)COc1ccc(C(=O)Nc2ccc3oc(-c4cncc(Br)c4)nc3c2)cc1. The quantitative estimate of drug-likeness (QED) is 0.381. The molecule has 0 atom stereocenters. The van der Waals surface area contributed by atoms with Gasteiger partial charge in [0.05, 0.1) is 12.2 Å². The van der Waals surface area contributed by atoms with Crippen LogP contribution in [0.2, 0.25) is 0 Å². The summed E-state index contributed by atoms with van der Waals surface area (Å²) in [5.74, 6) is 1.46. The number of nitrogens with zero attached hydrogens (tertiary/aromatic N) is 2. The van der Waals surface area contributed by atoms with Crippen LogP contribution in [0.1, 0.15) is 24.2 Å². The van der Waals surface area contributed by atoms with Gasteiger partial charge in [-0.15, -0.1) is 0 Å². The van der Waals surface area contributed by atoms with Crippen LogP contribution in [0.15, 0.2) is 69.8 Å². The van der Waals surface area contributed by atoms with Gasteiger partial charge in [-0.3, -0.25) is 9.78 Å². The van der Waals surface area contributed by atoms with E-state index < -0.39 is 0 Å². The molecule has 0 spiro atoms. The summed E-state index contributed by atoms with van der Waals surface area (Å²) in [6, 6.07) is 14.3. The second kappa shape index (κ2) is 8.67. The fraction of sp³-hybridized carbons (Fsp3) is 0.174. The van der Waals surface area contributed by atoms with Crippen molar-refractivity contribution in [1.82, 2.24) is 9.97 Å². The molecule has 0 unspecified atom stereocenters. The van der Waals surface area contributed by atoms with Crippen molar-refractivity contribution >= 4 is 38.6 Å². The number of carbonyl (C=O) groups is 1. The number of hydrogen-bond donors (Lipinski definition) is 1. The van der Waals surface area contributed by atoms with Crippen LogP contribution in [0.25, 0.3) is 22.6 Å². The summed E-state index contributed by atoms with van der Waals surface area (Å²) in [4.78, 5) is 21.2. The molecule has 7 heteroatoms. The highest BCUT2D eigenvalue weighted by Crippen LogP contribution is 2.27. The number of anilines is 1. The monoisotopic (exact) mass is 465 g/mol. The van der Waals surface area contributed by atoms with E-state index in [0.29, 0.717) is 40.8 Å². The zero-order valence-corrected chi connectivity index (χ0v) is 18.1. The standard InChI is InChI=1S/C23H20BrN3O3/c1-14(2)13-29-19-6-3-15(4-7-19)22(28)26-18-5-8-21-20(10-18)27-23(30-21)16-9-17(24)12-25-11-16/h3-12,14H,13H2,1-2H3,(H,26,28). The molecule has 0 saturated heterocycles. The summed E-state index contributed by atoms with van der Waals surface area (Å²) < 4.78 is 12.3. The van der Waals surface area contributed by atoms with Crippen molar-refractivity contribution in [2.24, 2.45) is 5.92 Å². The van der Waals surface area contributed by atoms with Crippen molar-refractivity contribution in [3.63, 3.8) is 0 Å². The molecule has 0 bridgehead atoms. The van der Waals surface area contributed by atoms with E-state index in [1.165, 1.54) is 0 Å². The lowest BCUT2D eigenvalue weighted by Gasteiger charge is -2.09. The van der Waals surface area contributed by atoms with Gasteiger partial charge in [0.15, 0.2) is 5.58 Å². The van der Waals surface area contributed by atoms with E-state index in [2.05, 4.69) is 45.1 Å². The van der Waals surface area contributed by atoms with Crippen molar-refractivity contribution in [3.8, 4) is 17.2 Å². The molecule has 0 saturated carbocycles. The first-order chi connectivity index (χ1) is 14.5. The topological polar surface area (TPSA) is 77.2 Å². The first-order valence-corrected chi connectivity index (χ1v) is 10.3. The maximum Gasteiger partial charge on any atom is 0.255 e. The van der Waals surface area contributed by atoms with Gasteiger partial charge in [0.2, 0.25) is 5.89 Å². The first kappa shape index (κ1) is 20.1. The second-order valence-corrected chi connectivity index (χ2v) is 8.19. The van der Waals surface area contributed by atoms with E-state index in [4.69, 9.17) is 9.15 Å². The molecule has 0 aliphatic carbocycles.